The van der Waals surface area contributed by atoms with E-state index in [4.69, 9.17) is 4.42 Å². The van der Waals surface area contributed by atoms with E-state index in [2.05, 4.69) is 10.3 Å². The number of furan rings is 1. The monoisotopic (exact) mass is 326 g/mol. The minimum Gasteiger partial charge on any atom is -0.462 e. The predicted molar refractivity (Wildman–Crippen MR) is 92.1 cm³/mol. The quantitative estimate of drug-likeness (QED) is 0.676. The summed E-state index contributed by atoms with van der Waals surface area (Å²) in [6.45, 7) is 2.49. The van der Waals surface area contributed by atoms with Crippen LogP contribution in [0.2, 0.25) is 0 Å². The van der Waals surface area contributed by atoms with Gasteiger partial charge in [0.25, 0.3) is 0 Å². The van der Waals surface area contributed by atoms with Crippen LogP contribution in [0.5, 0.6) is 0 Å². The normalized spacial score (nSPS) is 11.4. The van der Waals surface area contributed by atoms with Crippen molar-refractivity contribution >= 4 is 22.9 Å². The molecule has 0 radical (unpaired) electrons. The average molecular weight is 326 g/mol. The maximum atomic E-state index is 13.3. The first-order chi connectivity index (χ1) is 11.7. The SMILES string of the molecule is CCc1ccc(C=CC(=O)NCCc2c[nH]c3ccc(F)cc23)o1. The van der Waals surface area contributed by atoms with Crippen LogP contribution in [0, 0.1) is 5.82 Å². The molecule has 3 rings (SSSR count). The van der Waals surface area contributed by atoms with Crippen molar-refractivity contribution in [1.82, 2.24) is 10.3 Å². The summed E-state index contributed by atoms with van der Waals surface area (Å²) in [7, 11) is 0. The molecule has 0 aliphatic rings. The van der Waals surface area contributed by atoms with Crippen LogP contribution in [0.3, 0.4) is 0 Å². The van der Waals surface area contributed by atoms with Crippen LogP contribution in [0.25, 0.3) is 17.0 Å². The van der Waals surface area contributed by atoms with Gasteiger partial charge in [0, 0.05) is 36.1 Å². The van der Waals surface area contributed by atoms with Crippen LogP contribution in [-0.2, 0) is 17.6 Å². The highest BCUT2D eigenvalue weighted by molar-refractivity contribution is 5.91. The van der Waals surface area contributed by atoms with E-state index in [0.717, 1.165) is 28.6 Å². The molecular weight excluding hydrogens is 307 g/mol. The summed E-state index contributed by atoms with van der Waals surface area (Å²) in [5.41, 5.74) is 1.87. The number of hydrogen-bond donors (Lipinski definition) is 2. The van der Waals surface area contributed by atoms with Gasteiger partial charge in [-0.2, -0.15) is 0 Å². The Bertz CT molecular complexity index is 877. The zero-order chi connectivity index (χ0) is 16.9. The van der Waals surface area contributed by atoms with Gasteiger partial charge >= 0.3 is 0 Å². The maximum Gasteiger partial charge on any atom is 0.244 e. The van der Waals surface area contributed by atoms with E-state index in [0.29, 0.717) is 18.7 Å². The van der Waals surface area contributed by atoms with Crippen LogP contribution in [-0.4, -0.2) is 17.4 Å². The average Bonchev–Trinajstić information content (AvgIpc) is 3.20. The zero-order valence-corrected chi connectivity index (χ0v) is 13.4. The summed E-state index contributed by atoms with van der Waals surface area (Å²) in [5, 5.41) is 3.67. The van der Waals surface area contributed by atoms with Gasteiger partial charge in [-0.3, -0.25) is 4.79 Å². The first-order valence-electron chi connectivity index (χ1n) is 7.96. The molecule has 0 unspecified atom stereocenters. The Kier molecular flexibility index (Phi) is 4.79. The third-order valence-electron chi connectivity index (χ3n) is 3.85. The Morgan fingerprint density at radius 2 is 2.21 bits per heavy atom. The first kappa shape index (κ1) is 16.1. The molecule has 0 fully saturated rings. The Balaban J connectivity index is 1.53. The molecule has 0 saturated carbocycles. The van der Waals surface area contributed by atoms with E-state index in [-0.39, 0.29) is 11.7 Å². The summed E-state index contributed by atoms with van der Waals surface area (Å²) in [4.78, 5) is 14.9. The lowest BCUT2D eigenvalue weighted by molar-refractivity contribution is -0.116. The van der Waals surface area contributed by atoms with Crippen LogP contribution < -0.4 is 5.32 Å². The second-order valence-corrected chi connectivity index (χ2v) is 5.54. The van der Waals surface area contributed by atoms with Crippen molar-refractivity contribution in [3.8, 4) is 0 Å². The number of aryl methyl sites for hydroxylation is 1. The van der Waals surface area contributed by atoms with Gasteiger partial charge in [0.2, 0.25) is 5.91 Å². The molecule has 2 N–H and O–H groups in total. The van der Waals surface area contributed by atoms with Crippen LogP contribution >= 0.6 is 0 Å². The highest BCUT2D eigenvalue weighted by Gasteiger charge is 2.05. The number of halogens is 1. The van der Waals surface area contributed by atoms with E-state index < -0.39 is 0 Å². The predicted octanol–water partition coefficient (Wildman–Crippen LogP) is 3.83. The summed E-state index contributed by atoms with van der Waals surface area (Å²) in [5.74, 6) is 1.10. The summed E-state index contributed by atoms with van der Waals surface area (Å²) in [6, 6.07) is 8.37. The molecule has 4 nitrogen and oxygen atoms in total. The fraction of sp³-hybridized carbons (Fsp3) is 0.211. The number of carbonyl (C=O) groups is 1. The summed E-state index contributed by atoms with van der Waals surface area (Å²) < 4.78 is 18.8. The molecule has 0 aliphatic carbocycles. The van der Waals surface area contributed by atoms with E-state index in [1.807, 2.05) is 25.3 Å². The van der Waals surface area contributed by atoms with Gasteiger partial charge in [-0.05, 0) is 48.4 Å². The lowest BCUT2D eigenvalue weighted by atomic mass is 10.1. The highest BCUT2D eigenvalue weighted by atomic mass is 19.1. The number of fused-ring (bicyclic) bond motifs is 1. The van der Waals surface area contributed by atoms with Gasteiger partial charge in [-0.1, -0.05) is 6.92 Å². The molecule has 0 saturated heterocycles. The Morgan fingerprint density at radius 1 is 1.33 bits per heavy atom. The van der Waals surface area contributed by atoms with Crippen molar-refractivity contribution in [3.05, 3.63) is 65.5 Å². The first-order valence-corrected chi connectivity index (χ1v) is 7.96. The van der Waals surface area contributed by atoms with Gasteiger partial charge in [-0.25, -0.2) is 4.39 Å². The number of benzene rings is 1. The lowest BCUT2D eigenvalue weighted by Gasteiger charge is -2.01. The molecule has 0 atom stereocenters. The molecule has 1 amide bonds. The number of amides is 1. The fourth-order valence-electron chi connectivity index (χ4n) is 2.57. The number of rotatable bonds is 6. The molecule has 2 heterocycles. The van der Waals surface area contributed by atoms with Gasteiger partial charge in [0.1, 0.15) is 17.3 Å². The molecule has 24 heavy (non-hydrogen) atoms. The summed E-state index contributed by atoms with van der Waals surface area (Å²) in [6.07, 6.45) is 6.40. The van der Waals surface area contributed by atoms with Crippen LogP contribution in [0.1, 0.15) is 24.0 Å². The van der Waals surface area contributed by atoms with Crippen LogP contribution in [0.4, 0.5) is 4.39 Å². The minimum absolute atomic E-state index is 0.185. The van der Waals surface area contributed by atoms with E-state index >= 15 is 0 Å². The standard InChI is InChI=1S/C19H19FN2O2/c1-2-15-4-5-16(24-15)6-8-19(23)21-10-9-13-12-22-18-7-3-14(20)11-17(13)18/h3-8,11-12,22H,2,9-10H2,1H3,(H,21,23). The molecule has 124 valence electrons. The van der Waals surface area contributed by atoms with Gasteiger partial charge < -0.3 is 14.7 Å². The number of carbonyl (C=O) groups excluding carboxylic acids is 1. The largest absolute Gasteiger partial charge is 0.462 e. The lowest BCUT2D eigenvalue weighted by Crippen LogP contribution is -2.23. The van der Waals surface area contributed by atoms with Crippen molar-refractivity contribution in [2.45, 2.75) is 19.8 Å². The molecule has 0 bridgehead atoms. The second-order valence-electron chi connectivity index (χ2n) is 5.54. The molecule has 0 spiro atoms. The maximum absolute atomic E-state index is 13.3. The minimum atomic E-state index is -0.264. The fourth-order valence-corrected chi connectivity index (χ4v) is 2.57. The third-order valence-corrected chi connectivity index (χ3v) is 3.85. The molecule has 1 aromatic carbocycles. The number of nitrogens with one attached hydrogen (secondary N) is 2. The molecular formula is C19H19FN2O2. The summed E-state index contributed by atoms with van der Waals surface area (Å²) >= 11 is 0. The molecule has 3 aromatic rings. The zero-order valence-electron chi connectivity index (χ0n) is 13.4. The van der Waals surface area contributed by atoms with Gasteiger partial charge in [0.05, 0.1) is 0 Å². The molecule has 2 aromatic heterocycles. The second kappa shape index (κ2) is 7.17. The Morgan fingerprint density at radius 3 is 3.00 bits per heavy atom. The van der Waals surface area contributed by atoms with Gasteiger partial charge in [0.15, 0.2) is 0 Å². The smallest absolute Gasteiger partial charge is 0.244 e. The van der Waals surface area contributed by atoms with Crippen LogP contribution in [0.15, 0.2) is 47.0 Å². The number of H-pyrrole nitrogens is 1. The van der Waals surface area contributed by atoms with E-state index in [9.17, 15) is 9.18 Å². The Labute approximate surface area is 139 Å². The van der Waals surface area contributed by atoms with E-state index in [1.54, 1.807) is 12.1 Å². The Hall–Kier alpha value is -2.82. The van der Waals surface area contributed by atoms with Crippen molar-refractivity contribution in [2.24, 2.45) is 0 Å². The highest BCUT2D eigenvalue weighted by Crippen LogP contribution is 2.19. The topological polar surface area (TPSA) is 58.0 Å². The third kappa shape index (κ3) is 3.74. The van der Waals surface area contributed by atoms with Crippen molar-refractivity contribution < 1.29 is 13.6 Å². The molecule has 5 heteroatoms. The number of aromatic amines is 1. The van der Waals surface area contributed by atoms with Crippen molar-refractivity contribution in [3.63, 3.8) is 0 Å². The van der Waals surface area contributed by atoms with Gasteiger partial charge in [-0.15, -0.1) is 0 Å². The van der Waals surface area contributed by atoms with E-state index in [1.165, 1.54) is 18.2 Å². The number of hydrogen-bond acceptors (Lipinski definition) is 2. The molecule has 0 aliphatic heterocycles. The van der Waals surface area contributed by atoms with Crippen molar-refractivity contribution in [1.29, 1.82) is 0 Å². The van der Waals surface area contributed by atoms with Crippen molar-refractivity contribution in [2.75, 3.05) is 6.54 Å². The number of aromatic nitrogens is 1.